The van der Waals surface area contributed by atoms with E-state index in [9.17, 15) is 4.79 Å². The van der Waals surface area contributed by atoms with Crippen LogP contribution >= 0.6 is 11.6 Å². The Morgan fingerprint density at radius 1 is 1.12 bits per heavy atom. The van der Waals surface area contributed by atoms with E-state index in [4.69, 9.17) is 16.0 Å². The second kappa shape index (κ2) is 8.74. The van der Waals surface area contributed by atoms with Gasteiger partial charge in [0.05, 0.1) is 6.54 Å². The number of hydrogen-bond acceptors (Lipinski definition) is 3. The highest BCUT2D eigenvalue weighted by atomic mass is 35.5. The maximum Gasteiger partial charge on any atom is 0.289 e. The largest absolute Gasteiger partial charge is 0.455 e. The topological polar surface area (TPSA) is 36.7 Å². The van der Waals surface area contributed by atoms with Crippen molar-refractivity contribution in [2.24, 2.45) is 0 Å². The number of amides is 1. The first-order valence-corrected chi connectivity index (χ1v) is 9.78. The number of furan rings is 1. The molecule has 0 saturated carbocycles. The smallest absolute Gasteiger partial charge is 0.289 e. The van der Waals surface area contributed by atoms with Gasteiger partial charge in [0, 0.05) is 30.7 Å². The molecule has 26 heavy (non-hydrogen) atoms. The molecular weight excluding hydrogens is 348 g/mol. The maximum atomic E-state index is 12.6. The minimum atomic E-state index is 0.0122. The van der Waals surface area contributed by atoms with Gasteiger partial charge in [0.15, 0.2) is 5.76 Å². The van der Waals surface area contributed by atoms with Crippen LogP contribution in [-0.2, 0) is 13.1 Å². The third kappa shape index (κ3) is 4.68. The molecule has 0 atom stereocenters. The molecular formula is C21H27ClN2O2. The van der Waals surface area contributed by atoms with Gasteiger partial charge in [-0.2, -0.15) is 0 Å². The normalized spacial score (nSPS) is 15.0. The Kier molecular flexibility index (Phi) is 6.38. The molecule has 1 aromatic heterocycles. The van der Waals surface area contributed by atoms with Crippen molar-refractivity contribution in [1.29, 1.82) is 0 Å². The first kappa shape index (κ1) is 19.0. The van der Waals surface area contributed by atoms with Gasteiger partial charge >= 0.3 is 0 Å². The quantitative estimate of drug-likeness (QED) is 0.716. The number of halogens is 1. The van der Waals surface area contributed by atoms with Crippen molar-refractivity contribution in [2.75, 3.05) is 13.1 Å². The molecule has 1 aromatic carbocycles. The fourth-order valence-electron chi connectivity index (χ4n) is 3.30. The summed E-state index contributed by atoms with van der Waals surface area (Å²) in [5.41, 5.74) is 1.10. The Morgan fingerprint density at radius 2 is 1.85 bits per heavy atom. The first-order valence-electron chi connectivity index (χ1n) is 9.40. The van der Waals surface area contributed by atoms with Gasteiger partial charge in [0.1, 0.15) is 5.76 Å². The summed E-state index contributed by atoms with van der Waals surface area (Å²) in [4.78, 5) is 16.8. The van der Waals surface area contributed by atoms with Crippen molar-refractivity contribution in [3.05, 3.63) is 58.5 Å². The van der Waals surface area contributed by atoms with Gasteiger partial charge in [-0.1, -0.05) is 29.8 Å². The number of likely N-dealkylation sites (tertiary alicyclic amines) is 1. The van der Waals surface area contributed by atoms with E-state index in [1.165, 1.54) is 6.42 Å². The zero-order chi connectivity index (χ0) is 18.5. The minimum absolute atomic E-state index is 0.0122. The third-order valence-corrected chi connectivity index (χ3v) is 5.30. The van der Waals surface area contributed by atoms with Crippen molar-refractivity contribution in [3.63, 3.8) is 0 Å². The van der Waals surface area contributed by atoms with Gasteiger partial charge in [0.25, 0.3) is 5.91 Å². The molecule has 0 radical (unpaired) electrons. The van der Waals surface area contributed by atoms with E-state index in [1.807, 2.05) is 35.2 Å². The molecule has 0 spiro atoms. The first-order chi connectivity index (χ1) is 12.5. The predicted octanol–water partition coefficient (Wildman–Crippen LogP) is 4.97. The maximum absolute atomic E-state index is 12.6. The lowest BCUT2D eigenvalue weighted by molar-refractivity contribution is 0.0687. The second-order valence-corrected chi connectivity index (χ2v) is 7.62. The molecule has 2 aromatic rings. The summed E-state index contributed by atoms with van der Waals surface area (Å²) in [5.74, 6) is 1.27. The standard InChI is InChI=1S/C21H27ClN2O2/c1-16(2)24(14-17-8-4-5-9-19(17)22)15-18-10-11-20(26-18)21(25)23-12-6-3-7-13-23/h4-5,8-11,16H,3,6-7,12-15H2,1-2H3. The summed E-state index contributed by atoms with van der Waals surface area (Å²) >= 11 is 6.31. The van der Waals surface area contributed by atoms with E-state index in [2.05, 4.69) is 18.7 Å². The van der Waals surface area contributed by atoms with E-state index in [-0.39, 0.29) is 5.91 Å². The van der Waals surface area contributed by atoms with Crippen LogP contribution in [0.25, 0.3) is 0 Å². The average Bonchev–Trinajstić information content (AvgIpc) is 3.11. The molecule has 0 unspecified atom stereocenters. The van der Waals surface area contributed by atoms with Crippen LogP contribution in [0.3, 0.4) is 0 Å². The van der Waals surface area contributed by atoms with Gasteiger partial charge in [-0.3, -0.25) is 9.69 Å². The van der Waals surface area contributed by atoms with Crippen LogP contribution in [0.4, 0.5) is 0 Å². The second-order valence-electron chi connectivity index (χ2n) is 7.21. The highest BCUT2D eigenvalue weighted by molar-refractivity contribution is 6.31. The van der Waals surface area contributed by atoms with Crippen LogP contribution in [0, 0.1) is 0 Å². The highest BCUT2D eigenvalue weighted by Crippen LogP contribution is 2.21. The zero-order valence-corrected chi connectivity index (χ0v) is 16.3. The summed E-state index contributed by atoms with van der Waals surface area (Å²) in [6, 6.07) is 12.0. The highest BCUT2D eigenvalue weighted by Gasteiger charge is 2.22. The Hall–Kier alpha value is -1.78. The van der Waals surface area contributed by atoms with Crippen molar-refractivity contribution in [2.45, 2.75) is 52.2 Å². The Morgan fingerprint density at radius 3 is 2.54 bits per heavy atom. The van der Waals surface area contributed by atoms with E-state index in [0.29, 0.717) is 18.3 Å². The molecule has 0 N–H and O–H groups in total. The summed E-state index contributed by atoms with van der Waals surface area (Å²) in [6.07, 6.45) is 3.37. The number of benzene rings is 1. The molecule has 1 amide bonds. The number of rotatable bonds is 6. The molecule has 3 rings (SSSR count). The zero-order valence-electron chi connectivity index (χ0n) is 15.6. The molecule has 2 heterocycles. The molecule has 0 aliphatic carbocycles. The molecule has 1 fully saturated rings. The molecule has 5 heteroatoms. The molecule has 1 aliphatic rings. The van der Waals surface area contributed by atoms with Crippen LogP contribution in [0.15, 0.2) is 40.8 Å². The van der Waals surface area contributed by atoms with Crippen molar-refractivity contribution < 1.29 is 9.21 Å². The molecule has 0 bridgehead atoms. The number of carbonyl (C=O) groups excluding carboxylic acids is 1. The van der Waals surface area contributed by atoms with Crippen molar-refractivity contribution >= 4 is 17.5 Å². The van der Waals surface area contributed by atoms with Gasteiger partial charge < -0.3 is 9.32 Å². The lowest BCUT2D eigenvalue weighted by Crippen LogP contribution is -2.35. The Balaban J connectivity index is 1.67. The van der Waals surface area contributed by atoms with Crippen molar-refractivity contribution in [1.82, 2.24) is 9.80 Å². The monoisotopic (exact) mass is 374 g/mol. The summed E-state index contributed by atoms with van der Waals surface area (Å²) in [7, 11) is 0. The number of piperidine rings is 1. The van der Waals surface area contributed by atoms with Gasteiger partial charge in [-0.25, -0.2) is 0 Å². The number of hydrogen-bond donors (Lipinski definition) is 0. The van der Waals surface area contributed by atoms with Crippen LogP contribution in [0.2, 0.25) is 5.02 Å². The van der Waals surface area contributed by atoms with Crippen LogP contribution in [-0.4, -0.2) is 34.8 Å². The van der Waals surface area contributed by atoms with E-state index in [1.54, 1.807) is 6.07 Å². The third-order valence-electron chi connectivity index (χ3n) is 4.94. The van der Waals surface area contributed by atoms with E-state index < -0.39 is 0 Å². The van der Waals surface area contributed by atoms with Crippen LogP contribution in [0.1, 0.15) is 55.0 Å². The summed E-state index contributed by atoms with van der Waals surface area (Å²) < 4.78 is 5.88. The van der Waals surface area contributed by atoms with Crippen molar-refractivity contribution in [3.8, 4) is 0 Å². The van der Waals surface area contributed by atoms with Crippen LogP contribution < -0.4 is 0 Å². The minimum Gasteiger partial charge on any atom is -0.455 e. The molecule has 1 aliphatic heterocycles. The van der Waals surface area contributed by atoms with Gasteiger partial charge in [-0.15, -0.1) is 0 Å². The SMILES string of the molecule is CC(C)N(Cc1ccc(C(=O)N2CCCCC2)o1)Cc1ccccc1Cl. The molecule has 1 saturated heterocycles. The predicted molar refractivity (Wildman–Crippen MR) is 104 cm³/mol. The Labute approximate surface area is 160 Å². The van der Waals surface area contributed by atoms with E-state index in [0.717, 1.165) is 48.8 Å². The lowest BCUT2D eigenvalue weighted by atomic mass is 10.1. The van der Waals surface area contributed by atoms with Gasteiger partial charge in [0.2, 0.25) is 0 Å². The molecule has 140 valence electrons. The average molecular weight is 375 g/mol. The number of nitrogens with zero attached hydrogens (tertiary/aromatic N) is 2. The number of carbonyl (C=O) groups is 1. The Bertz CT molecular complexity index is 735. The fraction of sp³-hybridized carbons (Fsp3) is 0.476. The summed E-state index contributed by atoms with van der Waals surface area (Å²) in [5, 5.41) is 0.776. The fourth-order valence-corrected chi connectivity index (χ4v) is 3.49. The lowest BCUT2D eigenvalue weighted by Gasteiger charge is -2.26. The van der Waals surface area contributed by atoms with Gasteiger partial charge in [-0.05, 0) is 56.9 Å². The molecule has 4 nitrogen and oxygen atoms in total. The van der Waals surface area contributed by atoms with Crippen LogP contribution in [0.5, 0.6) is 0 Å². The summed E-state index contributed by atoms with van der Waals surface area (Å²) in [6.45, 7) is 7.36. The van der Waals surface area contributed by atoms with E-state index >= 15 is 0 Å².